The summed E-state index contributed by atoms with van der Waals surface area (Å²) in [6, 6.07) is 10.7. The second-order valence-electron chi connectivity index (χ2n) is 4.63. The second-order valence-corrected chi connectivity index (χ2v) is 4.63. The predicted octanol–water partition coefficient (Wildman–Crippen LogP) is 2.87. The van der Waals surface area contributed by atoms with Gasteiger partial charge in [-0.1, -0.05) is 12.1 Å². The van der Waals surface area contributed by atoms with Crippen LogP contribution in [0, 0.1) is 0 Å². The standard InChI is InChI=1S/C15H16O4/c1-15(14(16)17,10-13-7-4-8-19-13)11-5-3-6-12(9-11)18-2/h3-9H,10H2,1-2H3,(H,16,17). The molecule has 0 spiro atoms. The van der Waals surface area contributed by atoms with E-state index >= 15 is 0 Å². The number of hydrogen-bond acceptors (Lipinski definition) is 3. The van der Waals surface area contributed by atoms with Crippen molar-refractivity contribution in [1.82, 2.24) is 0 Å². The third-order valence-corrected chi connectivity index (χ3v) is 3.29. The normalized spacial score (nSPS) is 13.8. The number of methoxy groups -OCH3 is 1. The molecule has 2 rings (SSSR count). The van der Waals surface area contributed by atoms with Crippen LogP contribution < -0.4 is 4.74 Å². The molecular formula is C15H16O4. The van der Waals surface area contributed by atoms with Crippen LogP contribution in [0.2, 0.25) is 0 Å². The summed E-state index contributed by atoms with van der Waals surface area (Å²) in [6.45, 7) is 1.69. The molecule has 0 aliphatic rings. The highest BCUT2D eigenvalue weighted by atomic mass is 16.5. The van der Waals surface area contributed by atoms with Gasteiger partial charge in [0, 0.05) is 6.42 Å². The first-order valence-corrected chi connectivity index (χ1v) is 5.96. The van der Waals surface area contributed by atoms with Crippen LogP contribution in [0.3, 0.4) is 0 Å². The van der Waals surface area contributed by atoms with Gasteiger partial charge in [-0.2, -0.15) is 0 Å². The minimum absolute atomic E-state index is 0.294. The van der Waals surface area contributed by atoms with Crippen molar-refractivity contribution in [2.45, 2.75) is 18.8 Å². The lowest BCUT2D eigenvalue weighted by atomic mass is 9.79. The Labute approximate surface area is 111 Å². The molecule has 1 heterocycles. The Hall–Kier alpha value is -2.23. The van der Waals surface area contributed by atoms with Gasteiger partial charge in [-0.05, 0) is 36.8 Å². The lowest BCUT2D eigenvalue weighted by Crippen LogP contribution is -2.34. The van der Waals surface area contributed by atoms with E-state index in [0.717, 1.165) is 0 Å². The maximum atomic E-state index is 11.7. The van der Waals surface area contributed by atoms with Crippen LogP contribution >= 0.6 is 0 Å². The van der Waals surface area contributed by atoms with Gasteiger partial charge in [0.1, 0.15) is 11.5 Å². The molecule has 1 N–H and O–H groups in total. The summed E-state index contributed by atoms with van der Waals surface area (Å²) in [4.78, 5) is 11.7. The maximum Gasteiger partial charge on any atom is 0.314 e. The Morgan fingerprint density at radius 3 is 2.74 bits per heavy atom. The van der Waals surface area contributed by atoms with E-state index in [0.29, 0.717) is 23.5 Å². The Morgan fingerprint density at radius 1 is 1.37 bits per heavy atom. The molecule has 2 aromatic rings. The topological polar surface area (TPSA) is 59.7 Å². The molecule has 0 aliphatic heterocycles. The minimum atomic E-state index is -1.05. The number of carboxylic acid groups (broad SMARTS) is 1. The summed E-state index contributed by atoms with van der Waals surface area (Å²) < 4.78 is 10.4. The molecule has 0 radical (unpaired) electrons. The van der Waals surface area contributed by atoms with E-state index in [9.17, 15) is 9.90 Å². The molecule has 4 heteroatoms. The van der Waals surface area contributed by atoms with E-state index in [1.807, 2.05) is 0 Å². The quantitative estimate of drug-likeness (QED) is 0.898. The van der Waals surface area contributed by atoms with Crippen molar-refractivity contribution in [2.24, 2.45) is 0 Å². The fraction of sp³-hybridized carbons (Fsp3) is 0.267. The predicted molar refractivity (Wildman–Crippen MR) is 70.4 cm³/mol. The molecule has 1 unspecified atom stereocenters. The molecule has 0 bridgehead atoms. The largest absolute Gasteiger partial charge is 0.497 e. The minimum Gasteiger partial charge on any atom is -0.497 e. The molecule has 0 aliphatic carbocycles. The van der Waals surface area contributed by atoms with Crippen LogP contribution in [0.5, 0.6) is 5.75 Å². The molecule has 1 aromatic carbocycles. The number of furan rings is 1. The number of rotatable bonds is 5. The second kappa shape index (κ2) is 5.18. The van der Waals surface area contributed by atoms with E-state index in [1.165, 1.54) is 0 Å². The van der Waals surface area contributed by atoms with Crippen molar-refractivity contribution in [1.29, 1.82) is 0 Å². The van der Waals surface area contributed by atoms with Gasteiger partial charge >= 0.3 is 5.97 Å². The van der Waals surface area contributed by atoms with Gasteiger partial charge < -0.3 is 14.3 Å². The van der Waals surface area contributed by atoms with Gasteiger partial charge in [-0.25, -0.2) is 0 Å². The average Bonchev–Trinajstić information content (AvgIpc) is 2.91. The first-order chi connectivity index (χ1) is 9.06. The first kappa shape index (κ1) is 13.2. The summed E-state index contributed by atoms with van der Waals surface area (Å²) in [7, 11) is 1.56. The summed E-state index contributed by atoms with van der Waals surface area (Å²) in [5.41, 5.74) is -0.359. The molecule has 100 valence electrons. The molecule has 0 amide bonds. The van der Waals surface area contributed by atoms with Crippen LogP contribution in [-0.4, -0.2) is 18.2 Å². The molecular weight excluding hydrogens is 244 g/mol. The Morgan fingerprint density at radius 2 is 2.16 bits per heavy atom. The highest BCUT2D eigenvalue weighted by molar-refractivity contribution is 5.81. The lowest BCUT2D eigenvalue weighted by Gasteiger charge is -2.24. The van der Waals surface area contributed by atoms with Gasteiger partial charge in [0.15, 0.2) is 0 Å². The van der Waals surface area contributed by atoms with Gasteiger partial charge in [0.25, 0.3) is 0 Å². The lowest BCUT2D eigenvalue weighted by molar-refractivity contribution is -0.143. The van der Waals surface area contributed by atoms with Crippen molar-refractivity contribution >= 4 is 5.97 Å². The van der Waals surface area contributed by atoms with Crippen molar-refractivity contribution in [3.8, 4) is 5.75 Å². The highest BCUT2D eigenvalue weighted by Crippen LogP contribution is 2.31. The number of aliphatic carboxylic acids is 1. The Balaban J connectivity index is 2.40. The average molecular weight is 260 g/mol. The van der Waals surface area contributed by atoms with Gasteiger partial charge in [0.05, 0.1) is 18.8 Å². The van der Waals surface area contributed by atoms with E-state index < -0.39 is 11.4 Å². The van der Waals surface area contributed by atoms with Crippen molar-refractivity contribution in [3.63, 3.8) is 0 Å². The van der Waals surface area contributed by atoms with Crippen molar-refractivity contribution in [3.05, 3.63) is 54.0 Å². The molecule has 4 nitrogen and oxygen atoms in total. The maximum absolute atomic E-state index is 11.7. The number of benzene rings is 1. The summed E-state index contributed by atoms with van der Waals surface area (Å²) in [6.07, 6.45) is 1.84. The van der Waals surface area contributed by atoms with E-state index in [2.05, 4.69) is 0 Å². The van der Waals surface area contributed by atoms with Gasteiger partial charge in [-0.3, -0.25) is 4.79 Å². The van der Waals surface area contributed by atoms with Crippen LogP contribution in [0.25, 0.3) is 0 Å². The molecule has 0 saturated heterocycles. The van der Waals surface area contributed by atoms with Crippen LogP contribution in [-0.2, 0) is 16.6 Å². The molecule has 0 fully saturated rings. The summed E-state index contributed by atoms with van der Waals surface area (Å²) >= 11 is 0. The fourth-order valence-electron chi connectivity index (χ4n) is 2.03. The Kier molecular flexibility index (Phi) is 3.60. The zero-order valence-electron chi connectivity index (χ0n) is 10.9. The summed E-state index contributed by atoms with van der Waals surface area (Å²) in [5, 5.41) is 9.57. The number of carboxylic acids is 1. The van der Waals surface area contributed by atoms with Gasteiger partial charge in [-0.15, -0.1) is 0 Å². The molecule has 19 heavy (non-hydrogen) atoms. The fourth-order valence-corrected chi connectivity index (χ4v) is 2.03. The molecule has 1 atom stereocenters. The SMILES string of the molecule is COc1cccc(C(C)(Cc2ccco2)C(=O)O)c1. The zero-order chi connectivity index (χ0) is 13.9. The van der Waals surface area contributed by atoms with Crippen LogP contribution in [0.1, 0.15) is 18.2 Å². The van der Waals surface area contributed by atoms with Crippen molar-refractivity contribution < 1.29 is 19.1 Å². The Bertz CT molecular complexity index is 559. The molecule has 0 saturated carbocycles. The summed E-state index contributed by atoms with van der Waals surface area (Å²) in [5.74, 6) is 0.397. The van der Waals surface area contributed by atoms with Gasteiger partial charge in [0.2, 0.25) is 0 Å². The first-order valence-electron chi connectivity index (χ1n) is 5.96. The number of ether oxygens (including phenoxy) is 1. The van der Waals surface area contributed by atoms with Crippen molar-refractivity contribution in [2.75, 3.05) is 7.11 Å². The third-order valence-electron chi connectivity index (χ3n) is 3.29. The third kappa shape index (κ3) is 2.62. The number of hydrogen-bond donors (Lipinski definition) is 1. The van der Waals surface area contributed by atoms with E-state index in [4.69, 9.17) is 9.15 Å². The number of carbonyl (C=O) groups is 1. The highest BCUT2D eigenvalue weighted by Gasteiger charge is 2.36. The van der Waals surface area contributed by atoms with Crippen LogP contribution in [0.4, 0.5) is 0 Å². The van der Waals surface area contributed by atoms with E-state index in [-0.39, 0.29) is 0 Å². The monoisotopic (exact) mass is 260 g/mol. The molecule has 1 aromatic heterocycles. The smallest absolute Gasteiger partial charge is 0.314 e. The zero-order valence-corrected chi connectivity index (χ0v) is 10.9. The van der Waals surface area contributed by atoms with E-state index in [1.54, 1.807) is 56.7 Å². The van der Waals surface area contributed by atoms with Crippen LogP contribution in [0.15, 0.2) is 47.1 Å².